The zero-order valence-electron chi connectivity index (χ0n) is 16.3. The Hall–Kier alpha value is -2.48. The van der Waals surface area contributed by atoms with Crippen LogP contribution >= 0.6 is 0 Å². The Morgan fingerprint density at radius 3 is 2.37 bits per heavy atom. The van der Waals surface area contributed by atoms with Crippen LogP contribution in [0.2, 0.25) is 0 Å². The van der Waals surface area contributed by atoms with Gasteiger partial charge in [-0.3, -0.25) is 4.79 Å². The van der Waals surface area contributed by atoms with E-state index in [4.69, 9.17) is 4.74 Å². The number of morpholine rings is 1. The van der Waals surface area contributed by atoms with E-state index in [1.807, 2.05) is 4.90 Å². The normalized spacial score (nSPS) is 15.4. The number of sulfonamides is 1. The average molecular weight is 461 g/mol. The number of nitrogens with zero attached hydrogens (tertiary/aromatic N) is 2. The van der Waals surface area contributed by atoms with Crippen molar-refractivity contribution >= 4 is 37.5 Å². The summed E-state index contributed by atoms with van der Waals surface area (Å²) in [6.07, 6.45) is 0.861. The van der Waals surface area contributed by atoms with Gasteiger partial charge in [0.25, 0.3) is 5.91 Å². The number of carbonyl (C=O) groups excluding carboxylic acids is 1. The lowest BCUT2D eigenvalue weighted by atomic mass is 10.2. The second kappa shape index (κ2) is 8.34. The summed E-state index contributed by atoms with van der Waals surface area (Å²) in [5.41, 5.74) is 0.596. The zero-order chi connectivity index (χ0) is 22.1. The Kier molecular flexibility index (Phi) is 6.17. The van der Waals surface area contributed by atoms with E-state index in [1.54, 1.807) is 6.07 Å². The van der Waals surface area contributed by atoms with Crippen LogP contribution in [0.5, 0.6) is 0 Å². The van der Waals surface area contributed by atoms with E-state index in [0.717, 1.165) is 16.6 Å². The highest BCUT2D eigenvalue weighted by molar-refractivity contribution is 7.89. The van der Waals surface area contributed by atoms with E-state index < -0.39 is 31.0 Å². The molecule has 1 fully saturated rings. The van der Waals surface area contributed by atoms with Gasteiger partial charge in [-0.1, -0.05) is 0 Å². The van der Waals surface area contributed by atoms with Crippen LogP contribution in [-0.2, 0) is 25.0 Å². The summed E-state index contributed by atoms with van der Waals surface area (Å²) < 4.78 is 66.5. The number of anilines is 2. The van der Waals surface area contributed by atoms with Crippen molar-refractivity contribution in [3.8, 4) is 0 Å². The molecule has 3 rings (SSSR count). The van der Waals surface area contributed by atoms with E-state index in [1.165, 1.54) is 26.2 Å². The van der Waals surface area contributed by atoms with E-state index in [2.05, 4.69) is 10.3 Å². The maximum atomic E-state index is 13.1. The minimum Gasteiger partial charge on any atom is -0.378 e. The summed E-state index contributed by atoms with van der Waals surface area (Å²) in [6, 6.07) is 5.22. The summed E-state index contributed by atoms with van der Waals surface area (Å²) in [6.45, 7) is 2.02. The van der Waals surface area contributed by atoms with Gasteiger partial charge in [-0.05, 0) is 24.3 Å². The molecule has 0 aliphatic carbocycles. The van der Waals surface area contributed by atoms with Crippen molar-refractivity contribution in [2.75, 3.05) is 50.6 Å². The molecule has 30 heavy (non-hydrogen) atoms. The number of halogens is 1. The van der Waals surface area contributed by atoms with Crippen LogP contribution in [0.4, 0.5) is 15.3 Å². The van der Waals surface area contributed by atoms with Gasteiger partial charge in [0.15, 0.2) is 0 Å². The molecular weight excluding hydrogens is 439 g/mol. The minimum atomic E-state index is -4.97. The number of ether oxygens (including phenoxy) is 1. The number of carbonyl (C=O) groups is 1. The molecule has 1 aliphatic heterocycles. The standard InChI is InChI=1S/C17H21FN4O6S2/c1-21(2)30(26,27)12-3-4-16(22-5-7-28-8-6-22)14(9-12)20-17(23)15-10-13(11-19-15)29(18,24)25/h3-4,9-11,19H,5-8H2,1-2H3,(H,20,23). The summed E-state index contributed by atoms with van der Waals surface area (Å²) in [7, 11) is -5.95. The maximum Gasteiger partial charge on any atom is 0.333 e. The first kappa shape index (κ1) is 22.2. The summed E-state index contributed by atoms with van der Waals surface area (Å²) in [5, 5.41) is 2.59. The Labute approximate surface area is 173 Å². The number of rotatable bonds is 6. The Morgan fingerprint density at radius 2 is 1.80 bits per heavy atom. The van der Waals surface area contributed by atoms with E-state index in [0.29, 0.717) is 32.0 Å². The van der Waals surface area contributed by atoms with Crippen LogP contribution < -0.4 is 10.2 Å². The molecular formula is C17H21FN4O6S2. The molecule has 1 saturated heterocycles. The van der Waals surface area contributed by atoms with Crippen LogP contribution in [0.15, 0.2) is 40.3 Å². The van der Waals surface area contributed by atoms with Crippen molar-refractivity contribution in [2.24, 2.45) is 0 Å². The van der Waals surface area contributed by atoms with Crippen molar-refractivity contribution < 1.29 is 30.3 Å². The highest BCUT2D eigenvalue weighted by Crippen LogP contribution is 2.31. The van der Waals surface area contributed by atoms with Crippen LogP contribution in [0.3, 0.4) is 0 Å². The smallest absolute Gasteiger partial charge is 0.333 e. The van der Waals surface area contributed by atoms with Crippen LogP contribution in [0, 0.1) is 0 Å². The molecule has 13 heteroatoms. The van der Waals surface area contributed by atoms with E-state index in [9.17, 15) is 25.5 Å². The number of amides is 1. The molecule has 0 bridgehead atoms. The molecule has 2 heterocycles. The molecule has 1 aromatic carbocycles. The second-order valence-electron chi connectivity index (χ2n) is 6.71. The van der Waals surface area contributed by atoms with Crippen molar-refractivity contribution in [3.63, 3.8) is 0 Å². The van der Waals surface area contributed by atoms with Gasteiger partial charge in [0.1, 0.15) is 10.6 Å². The van der Waals surface area contributed by atoms with Gasteiger partial charge in [-0.25, -0.2) is 12.7 Å². The number of hydrogen-bond donors (Lipinski definition) is 2. The lowest BCUT2D eigenvalue weighted by molar-refractivity contribution is 0.102. The molecule has 2 aromatic rings. The first-order chi connectivity index (χ1) is 14.0. The first-order valence-electron chi connectivity index (χ1n) is 8.84. The third kappa shape index (κ3) is 4.64. The highest BCUT2D eigenvalue weighted by atomic mass is 32.3. The highest BCUT2D eigenvalue weighted by Gasteiger charge is 2.23. The fraction of sp³-hybridized carbons (Fsp3) is 0.353. The SMILES string of the molecule is CN(C)S(=O)(=O)c1ccc(N2CCOCC2)c(NC(=O)c2cc(S(=O)(=O)F)c[nH]2)c1. The Bertz CT molecular complexity index is 1150. The first-order valence-corrected chi connectivity index (χ1v) is 11.7. The van der Waals surface area contributed by atoms with E-state index in [-0.39, 0.29) is 16.3 Å². The van der Waals surface area contributed by atoms with Crippen molar-refractivity contribution in [3.05, 3.63) is 36.2 Å². The number of nitrogens with one attached hydrogen (secondary N) is 2. The number of H-pyrrole nitrogens is 1. The molecule has 0 spiro atoms. The molecule has 0 unspecified atom stereocenters. The summed E-state index contributed by atoms with van der Waals surface area (Å²) >= 11 is 0. The monoisotopic (exact) mass is 460 g/mol. The van der Waals surface area contributed by atoms with Crippen LogP contribution in [0.25, 0.3) is 0 Å². The van der Waals surface area contributed by atoms with Crippen LogP contribution in [-0.4, -0.2) is 72.4 Å². The molecule has 164 valence electrons. The third-order valence-corrected chi connectivity index (χ3v) is 7.14. The van der Waals surface area contributed by atoms with E-state index >= 15 is 0 Å². The minimum absolute atomic E-state index is 0.0293. The molecule has 10 nitrogen and oxygen atoms in total. The van der Waals surface area contributed by atoms with Crippen molar-refractivity contribution in [1.82, 2.24) is 9.29 Å². The Balaban J connectivity index is 1.99. The molecule has 1 aliphatic rings. The molecule has 1 aromatic heterocycles. The van der Waals surface area contributed by atoms with Gasteiger partial charge in [0.2, 0.25) is 10.0 Å². The number of hydrogen-bond acceptors (Lipinski definition) is 7. The number of aromatic amines is 1. The topological polar surface area (TPSA) is 129 Å². The van der Waals surface area contributed by atoms with Gasteiger partial charge in [-0.15, -0.1) is 3.89 Å². The predicted octanol–water partition coefficient (Wildman–Crippen LogP) is 1.01. The molecule has 0 atom stereocenters. The second-order valence-corrected chi connectivity index (χ2v) is 10.2. The van der Waals surface area contributed by atoms with Gasteiger partial charge < -0.3 is 19.9 Å². The number of aromatic nitrogens is 1. The predicted molar refractivity (Wildman–Crippen MR) is 107 cm³/mol. The third-order valence-electron chi connectivity index (χ3n) is 4.53. The zero-order valence-corrected chi connectivity index (χ0v) is 17.9. The molecule has 1 amide bonds. The quantitative estimate of drug-likeness (QED) is 0.616. The molecule has 2 N–H and O–H groups in total. The van der Waals surface area contributed by atoms with Gasteiger partial charge in [0, 0.05) is 33.4 Å². The van der Waals surface area contributed by atoms with Crippen molar-refractivity contribution in [2.45, 2.75) is 9.79 Å². The van der Waals surface area contributed by atoms with Crippen molar-refractivity contribution in [1.29, 1.82) is 0 Å². The molecule has 0 radical (unpaired) electrons. The fourth-order valence-corrected chi connectivity index (χ4v) is 4.29. The summed E-state index contributed by atoms with van der Waals surface area (Å²) in [5.74, 6) is -0.751. The molecule has 0 saturated carbocycles. The van der Waals surface area contributed by atoms with Crippen LogP contribution in [0.1, 0.15) is 10.5 Å². The lowest BCUT2D eigenvalue weighted by Gasteiger charge is -2.31. The van der Waals surface area contributed by atoms with Gasteiger partial charge in [0.05, 0.1) is 29.5 Å². The lowest BCUT2D eigenvalue weighted by Crippen LogP contribution is -2.37. The van der Waals surface area contributed by atoms with Gasteiger partial charge in [-0.2, -0.15) is 8.42 Å². The fourth-order valence-electron chi connectivity index (χ4n) is 2.90. The average Bonchev–Trinajstić information content (AvgIpc) is 3.19. The number of benzene rings is 1. The van der Waals surface area contributed by atoms with Gasteiger partial charge >= 0.3 is 10.2 Å². The summed E-state index contributed by atoms with van der Waals surface area (Å²) in [4.78, 5) is 16.2. The maximum absolute atomic E-state index is 13.1. The largest absolute Gasteiger partial charge is 0.378 e. The Morgan fingerprint density at radius 1 is 1.13 bits per heavy atom.